The van der Waals surface area contributed by atoms with Gasteiger partial charge in [-0.15, -0.1) is 0 Å². The Kier molecular flexibility index (Phi) is 6.45. The predicted molar refractivity (Wildman–Crippen MR) is 124 cm³/mol. The minimum Gasteiger partial charge on any atom is -0.341 e. The number of nitro groups is 1. The van der Waals surface area contributed by atoms with Gasteiger partial charge in [-0.2, -0.15) is 0 Å². The van der Waals surface area contributed by atoms with Gasteiger partial charge in [-0.3, -0.25) is 19.7 Å². The first-order valence-electron chi connectivity index (χ1n) is 10.0. The Morgan fingerprint density at radius 2 is 1.77 bits per heavy atom. The van der Waals surface area contributed by atoms with Crippen LogP contribution in [0.15, 0.2) is 41.2 Å². The summed E-state index contributed by atoms with van der Waals surface area (Å²) in [4.78, 5) is 40.1. The van der Waals surface area contributed by atoms with Crippen molar-refractivity contribution >= 4 is 45.5 Å². The number of fused-ring (bicyclic) bond motifs is 1. The van der Waals surface area contributed by atoms with Crippen molar-refractivity contribution in [2.45, 2.75) is 40.0 Å². The van der Waals surface area contributed by atoms with Crippen LogP contribution in [-0.4, -0.2) is 15.7 Å². The van der Waals surface area contributed by atoms with Gasteiger partial charge in [0.2, 0.25) is 5.43 Å². The molecule has 0 saturated heterocycles. The van der Waals surface area contributed by atoms with Gasteiger partial charge in [-0.25, -0.2) is 0 Å². The minimum atomic E-state index is -0.713. The Bertz CT molecular complexity index is 1210. The van der Waals surface area contributed by atoms with Crippen LogP contribution in [0.3, 0.4) is 0 Å². The van der Waals surface area contributed by atoms with E-state index in [0.717, 1.165) is 5.56 Å². The first-order valence-corrected chi connectivity index (χ1v) is 10.4. The molecule has 0 unspecified atom stereocenters. The molecule has 7 nitrogen and oxygen atoms in total. The van der Waals surface area contributed by atoms with Crippen LogP contribution in [0.4, 0.5) is 17.2 Å². The van der Waals surface area contributed by atoms with E-state index in [1.165, 1.54) is 12.1 Å². The van der Waals surface area contributed by atoms with Gasteiger partial charge in [0.15, 0.2) is 5.78 Å². The van der Waals surface area contributed by atoms with E-state index in [4.69, 9.17) is 11.6 Å². The summed E-state index contributed by atoms with van der Waals surface area (Å²) < 4.78 is 0. The van der Waals surface area contributed by atoms with Crippen molar-refractivity contribution in [1.29, 1.82) is 0 Å². The Morgan fingerprint density at radius 1 is 1.13 bits per heavy atom. The van der Waals surface area contributed by atoms with Crippen molar-refractivity contribution < 1.29 is 9.72 Å². The van der Waals surface area contributed by atoms with E-state index < -0.39 is 21.8 Å². The zero-order valence-electron chi connectivity index (χ0n) is 17.8. The molecule has 0 atom stereocenters. The van der Waals surface area contributed by atoms with E-state index in [9.17, 15) is 19.7 Å². The average molecular weight is 442 g/mol. The van der Waals surface area contributed by atoms with Crippen molar-refractivity contribution in [2.75, 3.05) is 5.32 Å². The van der Waals surface area contributed by atoms with Gasteiger partial charge in [0.1, 0.15) is 16.8 Å². The lowest BCUT2D eigenvalue weighted by Gasteiger charge is -2.15. The molecule has 8 heteroatoms. The van der Waals surface area contributed by atoms with Crippen LogP contribution in [0.1, 0.15) is 56.0 Å². The number of carbonyl (C=O) groups is 1. The lowest BCUT2D eigenvalue weighted by molar-refractivity contribution is -0.383. The van der Waals surface area contributed by atoms with Gasteiger partial charge < -0.3 is 10.3 Å². The van der Waals surface area contributed by atoms with Crippen LogP contribution in [-0.2, 0) is 0 Å². The van der Waals surface area contributed by atoms with Gasteiger partial charge in [0.25, 0.3) is 5.69 Å². The summed E-state index contributed by atoms with van der Waals surface area (Å²) in [6.07, 6.45) is 0.129. The average Bonchev–Trinajstić information content (AvgIpc) is 2.68. The second-order valence-corrected chi connectivity index (χ2v) is 8.61. The van der Waals surface area contributed by atoms with Crippen LogP contribution in [0.5, 0.6) is 0 Å². The second-order valence-electron chi connectivity index (χ2n) is 8.20. The molecule has 0 aliphatic carbocycles. The number of carbonyl (C=O) groups excluding carboxylic acids is 1. The molecule has 0 aliphatic rings. The quantitative estimate of drug-likeness (QED) is 0.258. The third-order valence-corrected chi connectivity index (χ3v) is 5.32. The number of hydrogen-bond donors (Lipinski definition) is 2. The smallest absolute Gasteiger partial charge is 0.282 e. The molecule has 0 aliphatic heterocycles. The zero-order chi connectivity index (χ0) is 22.9. The molecule has 0 fully saturated rings. The lowest BCUT2D eigenvalue weighted by atomic mass is 9.99. The molecule has 0 bridgehead atoms. The molecule has 162 valence electrons. The number of nitro benzene ring substituents is 1. The second kappa shape index (κ2) is 8.89. The normalized spacial score (nSPS) is 11.3. The van der Waals surface area contributed by atoms with Crippen molar-refractivity contribution in [3.63, 3.8) is 0 Å². The number of halogens is 1. The Labute approximate surface area is 184 Å². The minimum absolute atomic E-state index is 0.00937. The highest BCUT2D eigenvalue weighted by Crippen LogP contribution is 2.31. The molecule has 2 N–H and O–H groups in total. The van der Waals surface area contributed by atoms with E-state index in [0.29, 0.717) is 11.6 Å². The Hall–Kier alpha value is -3.19. The largest absolute Gasteiger partial charge is 0.341 e. The molecule has 2 aromatic carbocycles. The third kappa shape index (κ3) is 4.61. The first kappa shape index (κ1) is 22.5. The number of aromatic amines is 1. The van der Waals surface area contributed by atoms with Gasteiger partial charge >= 0.3 is 0 Å². The molecule has 1 aromatic heterocycles. The SMILES string of the molecule is CC(C)CC(=O)c1c(Nc2ccc(C(C)C)cc2)[nH]c2c(Cl)ccc([N+](=O)[O-])c2c1=O. The molecule has 0 saturated carbocycles. The molecule has 0 spiro atoms. The molecule has 0 amide bonds. The number of rotatable bonds is 7. The molecule has 31 heavy (non-hydrogen) atoms. The molecule has 3 aromatic rings. The summed E-state index contributed by atoms with van der Waals surface area (Å²) in [6, 6.07) is 10.1. The van der Waals surface area contributed by atoms with Crippen LogP contribution >= 0.6 is 11.6 Å². The first-order chi connectivity index (χ1) is 14.6. The number of ketones is 1. The molecule has 0 radical (unpaired) electrons. The van der Waals surface area contributed by atoms with E-state index in [1.807, 2.05) is 38.1 Å². The molecule has 1 heterocycles. The molecular weight excluding hydrogens is 418 g/mol. The Balaban J connectivity index is 2.25. The number of Topliss-reactive ketones (excluding diaryl/α,β-unsaturated/α-hetero) is 1. The van der Waals surface area contributed by atoms with Crippen LogP contribution in [0, 0.1) is 16.0 Å². The van der Waals surface area contributed by atoms with Crippen molar-refractivity contribution in [3.8, 4) is 0 Å². The number of benzene rings is 2. The number of anilines is 2. The molecular formula is C23H24ClN3O4. The van der Waals surface area contributed by atoms with Crippen molar-refractivity contribution in [2.24, 2.45) is 5.92 Å². The maximum absolute atomic E-state index is 13.3. The Morgan fingerprint density at radius 3 is 2.32 bits per heavy atom. The predicted octanol–water partition coefficient (Wildman–Crippen LogP) is 6.19. The van der Waals surface area contributed by atoms with Gasteiger partial charge in [-0.05, 0) is 35.6 Å². The number of hydrogen-bond acceptors (Lipinski definition) is 5. The number of non-ortho nitro benzene ring substituents is 1. The van der Waals surface area contributed by atoms with Gasteiger partial charge in [0.05, 0.1) is 15.5 Å². The number of pyridine rings is 1. The fraction of sp³-hybridized carbons (Fsp3) is 0.304. The highest BCUT2D eigenvalue weighted by molar-refractivity contribution is 6.35. The maximum Gasteiger partial charge on any atom is 0.282 e. The van der Waals surface area contributed by atoms with Crippen LogP contribution in [0.2, 0.25) is 5.02 Å². The lowest BCUT2D eigenvalue weighted by Crippen LogP contribution is -2.21. The van der Waals surface area contributed by atoms with Gasteiger partial charge in [-0.1, -0.05) is 51.4 Å². The van der Waals surface area contributed by atoms with E-state index >= 15 is 0 Å². The summed E-state index contributed by atoms with van der Waals surface area (Å²) in [5.41, 5.74) is 0.677. The highest BCUT2D eigenvalue weighted by Gasteiger charge is 2.26. The molecule has 3 rings (SSSR count). The topological polar surface area (TPSA) is 105 Å². The summed E-state index contributed by atoms with van der Waals surface area (Å²) in [5.74, 6) is 0.142. The summed E-state index contributed by atoms with van der Waals surface area (Å²) in [5, 5.41) is 14.6. The fourth-order valence-electron chi connectivity index (χ4n) is 3.42. The maximum atomic E-state index is 13.3. The summed E-state index contributed by atoms with van der Waals surface area (Å²) in [7, 11) is 0. The van der Waals surface area contributed by atoms with Crippen LogP contribution < -0.4 is 10.7 Å². The number of nitrogens with one attached hydrogen (secondary N) is 2. The number of nitrogens with zero attached hydrogens (tertiary/aromatic N) is 1. The van der Waals surface area contributed by atoms with Crippen molar-refractivity contribution in [1.82, 2.24) is 4.98 Å². The summed E-state index contributed by atoms with van der Waals surface area (Å²) in [6.45, 7) is 7.90. The summed E-state index contributed by atoms with van der Waals surface area (Å²) >= 11 is 6.25. The van der Waals surface area contributed by atoms with E-state index in [-0.39, 0.29) is 39.6 Å². The van der Waals surface area contributed by atoms with E-state index in [2.05, 4.69) is 24.1 Å². The third-order valence-electron chi connectivity index (χ3n) is 5.00. The standard InChI is InChI=1S/C23H24ClN3O4/c1-12(2)11-18(28)20-22(29)19-17(27(30)31)10-9-16(24)21(19)26-23(20)25-15-7-5-14(6-8-15)13(3)4/h5-10,12-13H,11H2,1-4H3,(H2,25,26,29). The highest BCUT2D eigenvalue weighted by atomic mass is 35.5. The van der Waals surface area contributed by atoms with E-state index in [1.54, 1.807) is 0 Å². The van der Waals surface area contributed by atoms with Crippen molar-refractivity contribution in [3.05, 3.63) is 72.9 Å². The van der Waals surface area contributed by atoms with Gasteiger partial charge in [0, 0.05) is 18.2 Å². The van der Waals surface area contributed by atoms with Crippen LogP contribution in [0.25, 0.3) is 10.9 Å². The number of aromatic nitrogens is 1. The zero-order valence-corrected chi connectivity index (χ0v) is 18.5. The monoisotopic (exact) mass is 441 g/mol. The fourth-order valence-corrected chi connectivity index (χ4v) is 3.63. The number of H-pyrrole nitrogens is 1.